The van der Waals surface area contributed by atoms with Crippen LogP contribution in [0.25, 0.3) is 10.9 Å². The number of hydrogen-bond acceptors (Lipinski definition) is 5. The highest BCUT2D eigenvalue weighted by molar-refractivity contribution is 6.58. The average Bonchev–Trinajstić information content (AvgIpc) is 3.40. The van der Waals surface area contributed by atoms with Gasteiger partial charge in [-0.2, -0.15) is 10.5 Å². The summed E-state index contributed by atoms with van der Waals surface area (Å²) in [6.45, 7) is 0.317. The van der Waals surface area contributed by atoms with Crippen molar-refractivity contribution in [3.8, 4) is 12.1 Å². The van der Waals surface area contributed by atoms with Crippen LogP contribution in [0.3, 0.4) is 0 Å². The molecule has 4 aromatic rings. The summed E-state index contributed by atoms with van der Waals surface area (Å²) in [6, 6.07) is 24.9. The van der Waals surface area contributed by atoms with Crippen LogP contribution in [0.4, 0.5) is 5.69 Å². The Labute approximate surface area is 178 Å². The minimum absolute atomic E-state index is 0.317. The van der Waals surface area contributed by atoms with E-state index in [4.69, 9.17) is 9.83 Å². The molecule has 0 unspecified atom stereocenters. The smallest absolute Gasteiger partial charge is 0.142 e. The lowest BCUT2D eigenvalue weighted by molar-refractivity contribution is 0.131. The molecule has 0 saturated carbocycles. The van der Waals surface area contributed by atoms with E-state index in [-0.39, 0.29) is 0 Å². The molecule has 0 spiro atoms. The van der Waals surface area contributed by atoms with E-state index < -0.39 is 0 Å². The number of hydrogen-bond donors (Lipinski definition) is 1. The molecule has 1 aliphatic heterocycles. The number of nitrogens with one attached hydrogen (secondary N) is 1. The number of H-pyrrole nitrogens is 1. The van der Waals surface area contributed by atoms with E-state index >= 15 is 0 Å². The first-order valence-electron chi connectivity index (χ1n) is 9.66. The molecule has 2 heterocycles. The molecule has 3 aromatic carbocycles. The Balaban J connectivity index is 1.59. The quantitative estimate of drug-likeness (QED) is 0.489. The summed E-state index contributed by atoms with van der Waals surface area (Å²) in [5.41, 5.74) is 6.48. The molecule has 0 saturated heterocycles. The highest BCUT2D eigenvalue weighted by Gasteiger charge is 2.27. The first-order valence-corrected chi connectivity index (χ1v) is 9.66. The number of aliphatic imine (C=N–C) groups is 1. The number of benzene rings is 3. The van der Waals surface area contributed by atoms with Crippen molar-refractivity contribution < 1.29 is 4.84 Å². The second-order valence-corrected chi connectivity index (χ2v) is 7.08. The van der Waals surface area contributed by atoms with Gasteiger partial charge in [-0.25, -0.2) is 4.99 Å². The third-order valence-electron chi connectivity index (χ3n) is 5.13. The van der Waals surface area contributed by atoms with E-state index in [2.05, 4.69) is 22.3 Å². The van der Waals surface area contributed by atoms with E-state index in [1.165, 1.54) is 0 Å². The van der Waals surface area contributed by atoms with Crippen molar-refractivity contribution in [2.45, 2.75) is 6.61 Å². The van der Waals surface area contributed by atoms with E-state index in [9.17, 15) is 10.5 Å². The normalized spacial score (nSPS) is 13.5. The summed E-state index contributed by atoms with van der Waals surface area (Å²) in [5, 5.41) is 23.9. The van der Waals surface area contributed by atoms with Gasteiger partial charge < -0.3 is 9.82 Å². The molecule has 0 amide bonds. The van der Waals surface area contributed by atoms with Gasteiger partial charge in [0.1, 0.15) is 18.0 Å². The number of aromatic nitrogens is 1. The third-order valence-corrected chi connectivity index (χ3v) is 5.13. The van der Waals surface area contributed by atoms with E-state index in [0.29, 0.717) is 29.2 Å². The first kappa shape index (κ1) is 18.4. The maximum atomic E-state index is 9.33. The molecular formula is C25H15N5O. The summed E-state index contributed by atoms with van der Waals surface area (Å²) in [7, 11) is 0. The third kappa shape index (κ3) is 3.33. The maximum Gasteiger partial charge on any atom is 0.142 e. The minimum Gasteiger partial charge on any atom is -0.390 e. The number of rotatable bonds is 4. The number of aromatic amines is 1. The molecule has 1 aliphatic rings. The molecule has 0 aliphatic carbocycles. The van der Waals surface area contributed by atoms with Crippen LogP contribution < -0.4 is 0 Å². The summed E-state index contributed by atoms with van der Waals surface area (Å²) in [4.78, 5) is 13.7. The molecule has 1 aromatic heterocycles. The van der Waals surface area contributed by atoms with Crippen molar-refractivity contribution in [2.75, 3.05) is 0 Å². The van der Waals surface area contributed by atoms with Gasteiger partial charge in [-0.15, -0.1) is 0 Å². The lowest BCUT2D eigenvalue weighted by Crippen LogP contribution is -2.13. The SMILES string of the molecule is N#Cc1ccc2c(c1)/C(=N\OCc1ccccc1)C(c1c[nH]c3ccc(C#N)cc13)=N2. The van der Waals surface area contributed by atoms with E-state index in [1.807, 2.05) is 54.7 Å². The fourth-order valence-electron chi connectivity index (χ4n) is 3.61. The largest absolute Gasteiger partial charge is 0.390 e. The fourth-order valence-corrected chi connectivity index (χ4v) is 3.61. The van der Waals surface area contributed by atoms with Gasteiger partial charge in [-0.05, 0) is 42.0 Å². The molecule has 0 fully saturated rings. The second kappa shape index (κ2) is 7.62. The molecule has 6 nitrogen and oxygen atoms in total. The molecule has 146 valence electrons. The Morgan fingerprint density at radius 1 is 0.903 bits per heavy atom. The van der Waals surface area contributed by atoms with Gasteiger partial charge >= 0.3 is 0 Å². The van der Waals surface area contributed by atoms with Gasteiger partial charge in [0.25, 0.3) is 0 Å². The Bertz CT molecular complexity index is 1450. The molecular weight excluding hydrogens is 386 g/mol. The van der Waals surface area contributed by atoms with Crippen molar-refractivity contribution in [1.82, 2.24) is 4.98 Å². The number of fused-ring (bicyclic) bond motifs is 2. The molecule has 31 heavy (non-hydrogen) atoms. The van der Waals surface area contributed by atoms with Gasteiger partial charge in [0.15, 0.2) is 0 Å². The second-order valence-electron chi connectivity index (χ2n) is 7.08. The standard InChI is InChI=1S/C25H15N5O/c26-12-17-6-8-22-19(10-17)21(14-28-22)24-25(30-31-15-16-4-2-1-3-5-16)20-11-18(13-27)7-9-23(20)29-24/h1-11,14,28H,15H2/b30-25+. The minimum atomic E-state index is 0.317. The zero-order chi connectivity index (χ0) is 21.2. The Morgan fingerprint density at radius 3 is 2.48 bits per heavy atom. The van der Waals surface area contributed by atoms with Crippen molar-refractivity contribution in [1.29, 1.82) is 10.5 Å². The van der Waals surface area contributed by atoms with Gasteiger partial charge in [0, 0.05) is 28.2 Å². The molecule has 0 atom stereocenters. The summed E-state index contributed by atoms with van der Waals surface area (Å²) in [6.07, 6.45) is 1.86. The van der Waals surface area contributed by atoms with Crippen LogP contribution in [-0.4, -0.2) is 16.4 Å². The van der Waals surface area contributed by atoms with Crippen molar-refractivity contribution in [2.24, 2.45) is 10.1 Å². The van der Waals surface area contributed by atoms with Crippen molar-refractivity contribution in [3.05, 3.63) is 101 Å². The van der Waals surface area contributed by atoms with E-state index in [1.54, 1.807) is 18.2 Å². The van der Waals surface area contributed by atoms with Crippen LogP contribution in [0.5, 0.6) is 0 Å². The highest BCUT2D eigenvalue weighted by Crippen LogP contribution is 2.33. The molecule has 0 radical (unpaired) electrons. The first-order chi connectivity index (χ1) is 15.3. The number of nitriles is 2. The van der Waals surface area contributed by atoms with E-state index in [0.717, 1.165) is 33.3 Å². The monoisotopic (exact) mass is 401 g/mol. The zero-order valence-electron chi connectivity index (χ0n) is 16.3. The van der Waals surface area contributed by atoms with Crippen LogP contribution in [0.15, 0.2) is 83.1 Å². The van der Waals surface area contributed by atoms with Crippen LogP contribution in [0.1, 0.15) is 27.8 Å². The molecule has 0 bridgehead atoms. The fraction of sp³-hybridized carbons (Fsp3) is 0.0400. The summed E-state index contributed by atoms with van der Waals surface area (Å²) in [5.74, 6) is 0. The Hall–Kier alpha value is -4.68. The lowest BCUT2D eigenvalue weighted by atomic mass is 9.99. The van der Waals surface area contributed by atoms with Gasteiger partial charge in [0.2, 0.25) is 0 Å². The van der Waals surface area contributed by atoms with Crippen LogP contribution in [0, 0.1) is 22.7 Å². The topological polar surface area (TPSA) is 97.3 Å². The van der Waals surface area contributed by atoms with Crippen LogP contribution >= 0.6 is 0 Å². The summed E-state index contributed by atoms with van der Waals surface area (Å²) >= 11 is 0. The lowest BCUT2D eigenvalue weighted by Gasteiger charge is -2.05. The van der Waals surface area contributed by atoms with Crippen molar-refractivity contribution >= 4 is 28.0 Å². The average molecular weight is 401 g/mol. The number of oxime groups is 1. The van der Waals surface area contributed by atoms with Crippen molar-refractivity contribution in [3.63, 3.8) is 0 Å². The predicted molar refractivity (Wildman–Crippen MR) is 118 cm³/mol. The maximum absolute atomic E-state index is 9.33. The predicted octanol–water partition coefficient (Wildman–Crippen LogP) is 4.97. The van der Waals surface area contributed by atoms with Gasteiger partial charge in [-0.3, -0.25) is 0 Å². The molecule has 1 N–H and O–H groups in total. The summed E-state index contributed by atoms with van der Waals surface area (Å²) < 4.78 is 0. The van der Waals surface area contributed by atoms with Gasteiger partial charge in [-0.1, -0.05) is 35.5 Å². The molecule has 6 heteroatoms. The molecule has 5 rings (SSSR count). The number of nitrogens with zero attached hydrogens (tertiary/aromatic N) is 4. The van der Waals surface area contributed by atoms with Crippen LogP contribution in [-0.2, 0) is 11.4 Å². The highest BCUT2D eigenvalue weighted by atomic mass is 16.6. The van der Waals surface area contributed by atoms with Crippen LogP contribution in [0.2, 0.25) is 0 Å². The van der Waals surface area contributed by atoms with Gasteiger partial charge in [0.05, 0.1) is 29.0 Å². The Kier molecular flexibility index (Phi) is 4.51. The Morgan fingerprint density at radius 2 is 1.68 bits per heavy atom. The zero-order valence-corrected chi connectivity index (χ0v) is 16.3.